The second kappa shape index (κ2) is 6.37. The maximum absolute atomic E-state index is 12.3. The molecule has 0 amide bonds. The molecule has 0 bridgehead atoms. The number of aryl methyl sites for hydroxylation is 3. The predicted molar refractivity (Wildman–Crippen MR) is 93.1 cm³/mol. The summed E-state index contributed by atoms with van der Waals surface area (Å²) in [5.41, 5.74) is 4.44. The lowest BCUT2D eigenvalue weighted by molar-refractivity contribution is 0.0759. The molecule has 0 aromatic carbocycles. The molecule has 0 unspecified atom stereocenters. The predicted octanol–water partition coefficient (Wildman–Crippen LogP) is 1.77. The second-order valence-electron chi connectivity index (χ2n) is 6.80. The fraction of sp³-hybridized carbons (Fsp3) is 0.588. The number of hydrogen-bond acceptors (Lipinski definition) is 6. The van der Waals surface area contributed by atoms with Crippen LogP contribution in [0.25, 0.3) is 0 Å². The normalized spacial score (nSPS) is 18.4. The molecule has 4 rings (SSSR count). The molecule has 0 saturated carbocycles. The molecule has 2 aliphatic rings. The SMILES string of the molecule is Cc1noc(C)c1CN1CC(Cn2nc3c(cc2=O)CSCC3)C1. The summed E-state index contributed by atoms with van der Waals surface area (Å²) in [7, 11) is 0. The highest BCUT2D eigenvalue weighted by Gasteiger charge is 2.29. The molecule has 1 saturated heterocycles. The van der Waals surface area contributed by atoms with Crippen LogP contribution in [0.15, 0.2) is 15.4 Å². The van der Waals surface area contributed by atoms with Crippen molar-refractivity contribution in [3.05, 3.63) is 44.7 Å². The molecule has 4 heterocycles. The van der Waals surface area contributed by atoms with Crippen LogP contribution in [0.5, 0.6) is 0 Å². The third-order valence-electron chi connectivity index (χ3n) is 4.93. The molecule has 0 N–H and O–H groups in total. The van der Waals surface area contributed by atoms with Crippen LogP contribution in [0, 0.1) is 19.8 Å². The van der Waals surface area contributed by atoms with Gasteiger partial charge >= 0.3 is 0 Å². The molecule has 2 aliphatic heterocycles. The van der Waals surface area contributed by atoms with E-state index in [1.54, 1.807) is 10.7 Å². The summed E-state index contributed by atoms with van der Waals surface area (Å²) < 4.78 is 6.90. The van der Waals surface area contributed by atoms with Gasteiger partial charge in [0.15, 0.2) is 0 Å². The molecule has 2 aromatic heterocycles. The summed E-state index contributed by atoms with van der Waals surface area (Å²) in [5, 5.41) is 8.62. The maximum atomic E-state index is 12.3. The third kappa shape index (κ3) is 3.02. The molecule has 24 heavy (non-hydrogen) atoms. The fourth-order valence-electron chi connectivity index (χ4n) is 3.50. The van der Waals surface area contributed by atoms with Crippen molar-refractivity contribution in [3.8, 4) is 0 Å². The van der Waals surface area contributed by atoms with Gasteiger partial charge in [0.25, 0.3) is 5.56 Å². The highest BCUT2D eigenvalue weighted by Crippen LogP contribution is 2.24. The van der Waals surface area contributed by atoms with Crippen LogP contribution in [0.3, 0.4) is 0 Å². The monoisotopic (exact) mass is 346 g/mol. The molecule has 0 atom stereocenters. The number of thioether (sulfide) groups is 1. The number of aromatic nitrogens is 3. The first-order valence-corrected chi connectivity index (χ1v) is 9.57. The Bertz CT molecular complexity index is 788. The van der Waals surface area contributed by atoms with Crippen molar-refractivity contribution in [1.29, 1.82) is 0 Å². The van der Waals surface area contributed by atoms with E-state index >= 15 is 0 Å². The molecule has 6 nitrogen and oxygen atoms in total. The largest absolute Gasteiger partial charge is 0.361 e. The summed E-state index contributed by atoms with van der Waals surface area (Å²) >= 11 is 1.88. The average molecular weight is 346 g/mol. The Balaban J connectivity index is 1.38. The minimum absolute atomic E-state index is 0.0421. The Kier molecular flexibility index (Phi) is 4.22. The summed E-state index contributed by atoms with van der Waals surface area (Å²) in [6.07, 6.45) is 0.975. The van der Waals surface area contributed by atoms with Crippen LogP contribution >= 0.6 is 11.8 Å². The standard InChI is InChI=1S/C17H22N4O2S/c1-11-15(12(2)23-19-11)9-20-6-13(7-20)8-21-17(22)5-14-10-24-4-3-16(14)18-21/h5,13H,3-4,6-10H2,1-2H3. The van der Waals surface area contributed by atoms with Gasteiger partial charge < -0.3 is 4.52 Å². The molecular weight excluding hydrogens is 324 g/mol. The molecule has 2 aromatic rings. The molecular formula is C17H22N4O2S. The van der Waals surface area contributed by atoms with E-state index in [0.717, 1.165) is 66.8 Å². The van der Waals surface area contributed by atoms with E-state index in [0.29, 0.717) is 5.92 Å². The Morgan fingerprint density at radius 1 is 1.38 bits per heavy atom. The first kappa shape index (κ1) is 15.9. The van der Waals surface area contributed by atoms with Crippen molar-refractivity contribution in [2.24, 2.45) is 5.92 Å². The quantitative estimate of drug-likeness (QED) is 0.841. The Morgan fingerprint density at radius 2 is 2.21 bits per heavy atom. The first-order valence-electron chi connectivity index (χ1n) is 8.42. The van der Waals surface area contributed by atoms with E-state index < -0.39 is 0 Å². The van der Waals surface area contributed by atoms with Crippen molar-refractivity contribution >= 4 is 11.8 Å². The van der Waals surface area contributed by atoms with Gasteiger partial charge in [-0.15, -0.1) is 0 Å². The number of nitrogens with zero attached hydrogens (tertiary/aromatic N) is 4. The first-order chi connectivity index (χ1) is 11.6. The van der Waals surface area contributed by atoms with E-state index in [9.17, 15) is 4.79 Å². The highest BCUT2D eigenvalue weighted by molar-refractivity contribution is 7.98. The van der Waals surface area contributed by atoms with Gasteiger partial charge in [-0.05, 0) is 25.2 Å². The van der Waals surface area contributed by atoms with Crippen molar-refractivity contribution in [3.63, 3.8) is 0 Å². The minimum atomic E-state index is 0.0421. The van der Waals surface area contributed by atoms with Crippen molar-refractivity contribution in [1.82, 2.24) is 19.8 Å². The maximum Gasteiger partial charge on any atom is 0.267 e. The van der Waals surface area contributed by atoms with Gasteiger partial charge in [0.2, 0.25) is 0 Å². The minimum Gasteiger partial charge on any atom is -0.361 e. The smallest absolute Gasteiger partial charge is 0.267 e. The Labute approximate surface area is 145 Å². The van der Waals surface area contributed by atoms with Gasteiger partial charge in [-0.3, -0.25) is 9.69 Å². The highest BCUT2D eigenvalue weighted by atomic mass is 32.2. The third-order valence-corrected chi connectivity index (χ3v) is 5.94. The van der Waals surface area contributed by atoms with Crippen LogP contribution in [0.1, 0.15) is 28.3 Å². The number of likely N-dealkylation sites (tertiary alicyclic amines) is 1. The number of hydrogen-bond donors (Lipinski definition) is 0. The molecule has 1 fully saturated rings. The van der Waals surface area contributed by atoms with Crippen LogP contribution in [0.2, 0.25) is 0 Å². The van der Waals surface area contributed by atoms with Gasteiger partial charge in [0.05, 0.1) is 17.9 Å². The summed E-state index contributed by atoms with van der Waals surface area (Å²) in [5.74, 6) is 3.42. The summed E-state index contributed by atoms with van der Waals surface area (Å²) in [4.78, 5) is 14.6. The lowest BCUT2D eigenvalue weighted by atomic mass is 9.99. The topological polar surface area (TPSA) is 64.2 Å². The number of rotatable bonds is 4. The lowest BCUT2D eigenvalue weighted by Crippen LogP contribution is -2.49. The zero-order chi connectivity index (χ0) is 16.7. The van der Waals surface area contributed by atoms with Crippen molar-refractivity contribution in [2.75, 3.05) is 18.8 Å². The average Bonchev–Trinajstić information content (AvgIpc) is 2.85. The van der Waals surface area contributed by atoms with Crippen LogP contribution in [-0.2, 0) is 25.3 Å². The van der Waals surface area contributed by atoms with Gasteiger partial charge in [-0.2, -0.15) is 16.9 Å². The lowest BCUT2D eigenvalue weighted by Gasteiger charge is -2.39. The van der Waals surface area contributed by atoms with Crippen LogP contribution < -0.4 is 5.56 Å². The van der Waals surface area contributed by atoms with E-state index in [1.165, 1.54) is 5.56 Å². The van der Waals surface area contributed by atoms with Gasteiger partial charge in [-0.1, -0.05) is 5.16 Å². The molecule has 128 valence electrons. The summed E-state index contributed by atoms with van der Waals surface area (Å²) in [6, 6.07) is 1.79. The Hall–Kier alpha value is -1.60. The second-order valence-corrected chi connectivity index (χ2v) is 7.91. The Morgan fingerprint density at radius 3 is 2.96 bits per heavy atom. The van der Waals surface area contributed by atoms with Crippen molar-refractivity contribution in [2.45, 2.75) is 39.1 Å². The number of fused-ring (bicyclic) bond motifs is 1. The van der Waals surface area contributed by atoms with E-state index in [-0.39, 0.29) is 5.56 Å². The zero-order valence-electron chi connectivity index (χ0n) is 14.1. The molecule has 7 heteroatoms. The van der Waals surface area contributed by atoms with Crippen LogP contribution in [0.4, 0.5) is 0 Å². The molecule has 0 radical (unpaired) electrons. The zero-order valence-corrected chi connectivity index (χ0v) is 14.9. The van der Waals surface area contributed by atoms with Gasteiger partial charge in [0, 0.05) is 49.4 Å². The summed E-state index contributed by atoms with van der Waals surface area (Å²) in [6.45, 7) is 7.52. The van der Waals surface area contributed by atoms with Gasteiger partial charge in [0.1, 0.15) is 5.76 Å². The van der Waals surface area contributed by atoms with E-state index in [2.05, 4.69) is 15.2 Å². The van der Waals surface area contributed by atoms with Crippen molar-refractivity contribution < 1.29 is 4.52 Å². The molecule has 0 aliphatic carbocycles. The van der Waals surface area contributed by atoms with E-state index in [1.807, 2.05) is 25.6 Å². The van der Waals surface area contributed by atoms with E-state index in [4.69, 9.17) is 4.52 Å². The fourth-order valence-corrected chi connectivity index (χ4v) is 4.45. The van der Waals surface area contributed by atoms with Gasteiger partial charge in [-0.25, -0.2) is 4.68 Å². The molecule has 0 spiro atoms. The van der Waals surface area contributed by atoms with Crippen LogP contribution in [-0.4, -0.2) is 38.7 Å².